The van der Waals surface area contributed by atoms with Crippen molar-refractivity contribution >= 4 is 11.1 Å². The van der Waals surface area contributed by atoms with Crippen molar-refractivity contribution in [1.29, 1.82) is 0 Å². The molecular formula is C13H7F2NO2. The molecule has 1 N–H and O–H groups in total. The quantitative estimate of drug-likeness (QED) is 0.718. The van der Waals surface area contributed by atoms with Gasteiger partial charge in [-0.2, -0.15) is 0 Å². The fourth-order valence-electron chi connectivity index (χ4n) is 1.81. The number of rotatable bonds is 1. The number of halogens is 2. The van der Waals surface area contributed by atoms with Gasteiger partial charge in [0.1, 0.15) is 0 Å². The van der Waals surface area contributed by atoms with Crippen LogP contribution in [0.2, 0.25) is 0 Å². The second-order valence-electron chi connectivity index (χ2n) is 3.85. The zero-order valence-corrected chi connectivity index (χ0v) is 9.04. The highest BCUT2D eigenvalue weighted by Crippen LogP contribution is 2.24. The molecule has 0 amide bonds. The van der Waals surface area contributed by atoms with Crippen LogP contribution in [0.5, 0.6) is 0 Å². The van der Waals surface area contributed by atoms with Gasteiger partial charge in [0.15, 0.2) is 17.2 Å². The van der Waals surface area contributed by atoms with Gasteiger partial charge in [0.2, 0.25) is 0 Å². The van der Waals surface area contributed by atoms with E-state index in [1.165, 1.54) is 6.07 Å². The molecule has 2 aromatic carbocycles. The van der Waals surface area contributed by atoms with Gasteiger partial charge in [-0.25, -0.2) is 13.6 Å². The monoisotopic (exact) mass is 247 g/mol. The lowest BCUT2D eigenvalue weighted by atomic mass is 10.1. The van der Waals surface area contributed by atoms with E-state index in [2.05, 4.69) is 4.98 Å². The molecule has 0 aliphatic heterocycles. The fraction of sp³-hybridized carbons (Fsp3) is 0. The summed E-state index contributed by atoms with van der Waals surface area (Å²) in [6.45, 7) is 0. The maximum Gasteiger partial charge on any atom is 0.417 e. The summed E-state index contributed by atoms with van der Waals surface area (Å²) in [6, 6.07) is 8.56. The number of benzene rings is 2. The normalized spacial score (nSPS) is 11.0. The van der Waals surface area contributed by atoms with E-state index in [0.29, 0.717) is 22.2 Å². The van der Waals surface area contributed by atoms with Crippen LogP contribution in [0.15, 0.2) is 45.6 Å². The summed E-state index contributed by atoms with van der Waals surface area (Å²) in [5.74, 6) is -2.35. The number of hydrogen-bond acceptors (Lipinski definition) is 2. The highest BCUT2D eigenvalue weighted by Gasteiger charge is 2.07. The van der Waals surface area contributed by atoms with E-state index in [0.717, 1.165) is 12.1 Å². The second kappa shape index (κ2) is 3.80. The summed E-state index contributed by atoms with van der Waals surface area (Å²) in [4.78, 5) is 13.5. The van der Waals surface area contributed by atoms with Crippen LogP contribution in [-0.2, 0) is 0 Å². The Morgan fingerprint density at radius 3 is 2.44 bits per heavy atom. The molecule has 0 radical (unpaired) electrons. The van der Waals surface area contributed by atoms with Gasteiger partial charge in [0.25, 0.3) is 0 Å². The molecule has 0 atom stereocenters. The van der Waals surface area contributed by atoms with Crippen LogP contribution in [-0.4, -0.2) is 4.98 Å². The van der Waals surface area contributed by atoms with Crippen molar-refractivity contribution in [1.82, 2.24) is 4.98 Å². The van der Waals surface area contributed by atoms with Gasteiger partial charge in [0, 0.05) is 0 Å². The molecule has 3 rings (SSSR count). The Kier molecular flexibility index (Phi) is 2.26. The fourth-order valence-corrected chi connectivity index (χ4v) is 1.81. The summed E-state index contributed by atoms with van der Waals surface area (Å²) >= 11 is 0. The van der Waals surface area contributed by atoms with E-state index in [1.807, 2.05) is 0 Å². The van der Waals surface area contributed by atoms with Crippen LogP contribution < -0.4 is 5.76 Å². The Bertz CT molecular complexity index is 789. The summed E-state index contributed by atoms with van der Waals surface area (Å²) in [6.07, 6.45) is 0. The average molecular weight is 247 g/mol. The van der Waals surface area contributed by atoms with Gasteiger partial charge in [0.05, 0.1) is 5.52 Å². The smallest absolute Gasteiger partial charge is 0.408 e. The molecule has 0 aliphatic rings. The first-order valence-electron chi connectivity index (χ1n) is 5.22. The Labute approximate surface area is 99.7 Å². The van der Waals surface area contributed by atoms with Gasteiger partial charge in [-0.3, -0.25) is 4.98 Å². The van der Waals surface area contributed by atoms with Gasteiger partial charge in [-0.1, -0.05) is 12.1 Å². The largest absolute Gasteiger partial charge is 0.417 e. The SMILES string of the molecule is O=c1[nH]c2cc(-c3ccc(F)c(F)c3)ccc2o1. The highest BCUT2D eigenvalue weighted by molar-refractivity contribution is 5.80. The van der Waals surface area contributed by atoms with E-state index in [1.54, 1.807) is 18.2 Å². The molecule has 0 saturated heterocycles. The molecule has 0 aliphatic carbocycles. The van der Waals surface area contributed by atoms with Crippen LogP contribution in [0.3, 0.4) is 0 Å². The van der Waals surface area contributed by atoms with Crippen molar-refractivity contribution in [3.05, 3.63) is 58.6 Å². The van der Waals surface area contributed by atoms with Crippen molar-refractivity contribution in [3.63, 3.8) is 0 Å². The van der Waals surface area contributed by atoms with Crippen LogP contribution in [0, 0.1) is 11.6 Å². The molecule has 1 aromatic heterocycles. The average Bonchev–Trinajstić information content (AvgIpc) is 2.71. The van der Waals surface area contributed by atoms with E-state index in [9.17, 15) is 13.6 Å². The Morgan fingerprint density at radius 2 is 1.67 bits per heavy atom. The molecule has 0 unspecified atom stereocenters. The van der Waals surface area contributed by atoms with E-state index in [4.69, 9.17) is 4.42 Å². The number of aromatic nitrogens is 1. The molecule has 18 heavy (non-hydrogen) atoms. The van der Waals surface area contributed by atoms with Crippen molar-refractivity contribution in [3.8, 4) is 11.1 Å². The van der Waals surface area contributed by atoms with E-state index in [-0.39, 0.29) is 0 Å². The maximum atomic E-state index is 13.1. The lowest BCUT2D eigenvalue weighted by molar-refractivity contribution is 0.509. The van der Waals surface area contributed by atoms with Crippen LogP contribution >= 0.6 is 0 Å². The molecular weight excluding hydrogens is 240 g/mol. The molecule has 1 heterocycles. The predicted molar refractivity (Wildman–Crippen MR) is 62.2 cm³/mol. The first kappa shape index (κ1) is 10.7. The minimum Gasteiger partial charge on any atom is -0.408 e. The Hall–Kier alpha value is -2.43. The molecule has 0 bridgehead atoms. The molecule has 0 spiro atoms. The number of hydrogen-bond donors (Lipinski definition) is 1. The minimum atomic E-state index is -0.909. The second-order valence-corrected chi connectivity index (χ2v) is 3.85. The van der Waals surface area contributed by atoms with Crippen LogP contribution in [0.4, 0.5) is 8.78 Å². The van der Waals surface area contributed by atoms with E-state index < -0.39 is 17.4 Å². The van der Waals surface area contributed by atoms with Crippen molar-refractivity contribution in [2.75, 3.05) is 0 Å². The first-order valence-corrected chi connectivity index (χ1v) is 5.22. The summed E-state index contributed by atoms with van der Waals surface area (Å²) < 4.78 is 30.8. The van der Waals surface area contributed by atoms with Crippen LogP contribution in [0.25, 0.3) is 22.2 Å². The van der Waals surface area contributed by atoms with Crippen molar-refractivity contribution in [2.24, 2.45) is 0 Å². The summed E-state index contributed by atoms with van der Waals surface area (Å²) in [7, 11) is 0. The third kappa shape index (κ3) is 1.69. The standard InChI is InChI=1S/C13H7F2NO2/c14-9-3-1-7(5-10(9)15)8-2-4-12-11(6-8)16-13(17)18-12/h1-6H,(H,16,17). The number of fused-ring (bicyclic) bond motifs is 1. The van der Waals surface area contributed by atoms with E-state index >= 15 is 0 Å². The number of aromatic amines is 1. The number of H-pyrrole nitrogens is 1. The maximum absolute atomic E-state index is 13.1. The third-order valence-electron chi connectivity index (χ3n) is 2.67. The Morgan fingerprint density at radius 1 is 0.944 bits per heavy atom. The molecule has 3 nitrogen and oxygen atoms in total. The summed E-state index contributed by atoms with van der Waals surface area (Å²) in [5, 5.41) is 0. The molecule has 5 heteroatoms. The number of nitrogens with one attached hydrogen (secondary N) is 1. The molecule has 0 fully saturated rings. The Balaban J connectivity index is 2.18. The van der Waals surface area contributed by atoms with Gasteiger partial charge in [-0.15, -0.1) is 0 Å². The van der Waals surface area contributed by atoms with Crippen molar-refractivity contribution < 1.29 is 13.2 Å². The lowest BCUT2D eigenvalue weighted by Gasteiger charge is -2.02. The third-order valence-corrected chi connectivity index (χ3v) is 2.67. The lowest BCUT2D eigenvalue weighted by Crippen LogP contribution is -1.92. The molecule has 3 aromatic rings. The minimum absolute atomic E-state index is 0.423. The van der Waals surface area contributed by atoms with Gasteiger partial charge < -0.3 is 4.42 Å². The molecule has 0 saturated carbocycles. The van der Waals surface area contributed by atoms with Gasteiger partial charge >= 0.3 is 5.76 Å². The predicted octanol–water partition coefficient (Wildman–Crippen LogP) is 3.07. The molecule has 90 valence electrons. The number of oxazole rings is 1. The van der Waals surface area contributed by atoms with Crippen molar-refractivity contribution in [2.45, 2.75) is 0 Å². The summed E-state index contributed by atoms with van der Waals surface area (Å²) in [5.41, 5.74) is 2.13. The highest BCUT2D eigenvalue weighted by atomic mass is 19.2. The zero-order chi connectivity index (χ0) is 12.7. The first-order chi connectivity index (χ1) is 8.63. The topological polar surface area (TPSA) is 46.0 Å². The zero-order valence-electron chi connectivity index (χ0n) is 9.04. The van der Waals surface area contributed by atoms with Crippen LogP contribution in [0.1, 0.15) is 0 Å². The van der Waals surface area contributed by atoms with Gasteiger partial charge in [-0.05, 0) is 35.4 Å².